The summed E-state index contributed by atoms with van der Waals surface area (Å²) in [6.45, 7) is 4.35. The quantitative estimate of drug-likeness (QED) is 0.911. The Morgan fingerprint density at radius 1 is 1.56 bits per heavy atom. The molecule has 0 atom stereocenters. The zero-order valence-corrected chi connectivity index (χ0v) is 12.4. The van der Waals surface area contributed by atoms with E-state index < -0.39 is 0 Å². The largest absolute Gasteiger partial charge is 0.352 e. The summed E-state index contributed by atoms with van der Waals surface area (Å²) in [4.78, 5) is 14.2. The molecule has 1 aliphatic heterocycles. The molecule has 2 rings (SSSR count). The molecule has 2 heterocycles. The molecule has 0 spiro atoms. The molecule has 18 heavy (non-hydrogen) atoms. The number of likely N-dealkylation sites (tertiary alicyclic amines) is 1. The molecule has 100 valence electrons. The van der Waals surface area contributed by atoms with Crippen LogP contribution in [0.3, 0.4) is 0 Å². The summed E-state index contributed by atoms with van der Waals surface area (Å²) in [7, 11) is 2.11. The lowest BCUT2D eigenvalue weighted by molar-refractivity contribution is -0.122. The highest BCUT2D eigenvalue weighted by Gasteiger charge is 2.18. The molecule has 1 fully saturated rings. The topological polar surface area (TPSA) is 50.2 Å². The first-order valence-corrected chi connectivity index (χ1v) is 7.01. The predicted molar refractivity (Wildman–Crippen MR) is 73.3 cm³/mol. The Balaban J connectivity index is 1.84. The molecule has 1 aromatic rings. The lowest BCUT2D eigenvalue weighted by Crippen LogP contribution is -2.44. The van der Waals surface area contributed by atoms with Crippen LogP contribution in [0.1, 0.15) is 18.5 Å². The first kappa shape index (κ1) is 13.5. The van der Waals surface area contributed by atoms with Crippen molar-refractivity contribution in [3.63, 3.8) is 0 Å². The SMILES string of the molecule is Cc1c(Br)cnn1CC(=O)NC1CCN(C)CC1. The first-order chi connectivity index (χ1) is 8.56. The molecule has 1 aromatic heterocycles. The van der Waals surface area contributed by atoms with E-state index in [0.717, 1.165) is 36.1 Å². The maximum atomic E-state index is 11.9. The highest BCUT2D eigenvalue weighted by molar-refractivity contribution is 9.10. The first-order valence-electron chi connectivity index (χ1n) is 6.22. The fourth-order valence-electron chi connectivity index (χ4n) is 2.15. The summed E-state index contributed by atoms with van der Waals surface area (Å²) < 4.78 is 2.66. The van der Waals surface area contributed by atoms with Crippen molar-refractivity contribution in [2.45, 2.75) is 32.4 Å². The Hall–Kier alpha value is -0.880. The van der Waals surface area contributed by atoms with Crippen LogP contribution in [-0.2, 0) is 11.3 Å². The summed E-state index contributed by atoms with van der Waals surface area (Å²) in [6, 6.07) is 0.313. The lowest BCUT2D eigenvalue weighted by atomic mass is 10.1. The highest BCUT2D eigenvalue weighted by atomic mass is 79.9. The van der Waals surface area contributed by atoms with E-state index in [-0.39, 0.29) is 5.91 Å². The van der Waals surface area contributed by atoms with Gasteiger partial charge in [-0.1, -0.05) is 0 Å². The van der Waals surface area contributed by atoms with E-state index in [1.54, 1.807) is 10.9 Å². The van der Waals surface area contributed by atoms with Gasteiger partial charge in [-0.15, -0.1) is 0 Å². The zero-order chi connectivity index (χ0) is 13.1. The van der Waals surface area contributed by atoms with Gasteiger partial charge in [0.15, 0.2) is 0 Å². The number of amides is 1. The summed E-state index contributed by atoms with van der Waals surface area (Å²) in [6.07, 6.45) is 3.78. The second-order valence-corrected chi connectivity index (χ2v) is 5.73. The van der Waals surface area contributed by atoms with Crippen molar-refractivity contribution in [2.75, 3.05) is 20.1 Å². The fraction of sp³-hybridized carbons (Fsp3) is 0.667. The van der Waals surface area contributed by atoms with Gasteiger partial charge in [-0.2, -0.15) is 5.10 Å². The van der Waals surface area contributed by atoms with Crippen LogP contribution in [0, 0.1) is 6.92 Å². The van der Waals surface area contributed by atoms with Crippen LogP contribution in [0.15, 0.2) is 10.7 Å². The molecule has 0 aliphatic carbocycles. The van der Waals surface area contributed by atoms with E-state index in [1.165, 1.54) is 0 Å². The van der Waals surface area contributed by atoms with Gasteiger partial charge >= 0.3 is 0 Å². The summed E-state index contributed by atoms with van der Waals surface area (Å²) in [5.41, 5.74) is 0.980. The Morgan fingerprint density at radius 2 is 2.22 bits per heavy atom. The van der Waals surface area contributed by atoms with Crippen molar-refractivity contribution in [1.82, 2.24) is 20.0 Å². The van der Waals surface area contributed by atoms with Crippen molar-refractivity contribution >= 4 is 21.8 Å². The molecule has 1 amide bonds. The van der Waals surface area contributed by atoms with Gasteiger partial charge in [-0.3, -0.25) is 9.48 Å². The van der Waals surface area contributed by atoms with E-state index in [1.807, 2.05) is 6.92 Å². The standard InChI is InChI=1S/C12H19BrN4O/c1-9-11(13)7-14-17(9)8-12(18)15-10-3-5-16(2)6-4-10/h7,10H,3-6,8H2,1-2H3,(H,15,18). The van der Waals surface area contributed by atoms with Crippen LogP contribution in [0.25, 0.3) is 0 Å². The van der Waals surface area contributed by atoms with Crippen molar-refractivity contribution in [3.8, 4) is 0 Å². The minimum Gasteiger partial charge on any atom is -0.352 e. The number of nitrogens with zero attached hydrogens (tertiary/aromatic N) is 3. The highest BCUT2D eigenvalue weighted by Crippen LogP contribution is 2.14. The number of halogens is 1. The second-order valence-electron chi connectivity index (χ2n) is 4.88. The molecule has 1 N–H and O–H groups in total. The third-order valence-electron chi connectivity index (χ3n) is 3.42. The van der Waals surface area contributed by atoms with E-state index in [0.29, 0.717) is 12.6 Å². The molecule has 0 saturated carbocycles. The van der Waals surface area contributed by atoms with E-state index in [9.17, 15) is 4.79 Å². The molecule has 0 aromatic carbocycles. The minimum absolute atomic E-state index is 0.0447. The van der Waals surface area contributed by atoms with Crippen molar-refractivity contribution in [1.29, 1.82) is 0 Å². The van der Waals surface area contributed by atoms with Gasteiger partial charge in [0.1, 0.15) is 6.54 Å². The molecular weight excluding hydrogens is 296 g/mol. The van der Waals surface area contributed by atoms with Gasteiger partial charge in [-0.05, 0) is 55.8 Å². The van der Waals surface area contributed by atoms with Crippen LogP contribution >= 0.6 is 15.9 Å². The van der Waals surface area contributed by atoms with Crippen LogP contribution in [0.5, 0.6) is 0 Å². The molecule has 6 heteroatoms. The summed E-state index contributed by atoms with van der Waals surface area (Å²) in [5.74, 6) is 0.0447. The third kappa shape index (κ3) is 3.32. The van der Waals surface area contributed by atoms with Crippen LogP contribution in [0.4, 0.5) is 0 Å². The molecule has 0 bridgehead atoms. The third-order valence-corrected chi connectivity index (χ3v) is 4.20. The number of hydrogen-bond acceptors (Lipinski definition) is 3. The number of nitrogens with one attached hydrogen (secondary N) is 1. The molecule has 0 unspecified atom stereocenters. The Bertz CT molecular complexity index is 424. The Kier molecular flexibility index (Phi) is 4.40. The van der Waals surface area contributed by atoms with Crippen molar-refractivity contribution in [2.24, 2.45) is 0 Å². The number of piperidine rings is 1. The maximum absolute atomic E-state index is 11.9. The predicted octanol–water partition coefficient (Wildman–Crippen LogP) is 1.16. The average molecular weight is 315 g/mol. The monoisotopic (exact) mass is 314 g/mol. The second kappa shape index (κ2) is 5.84. The van der Waals surface area contributed by atoms with Crippen molar-refractivity contribution < 1.29 is 4.79 Å². The van der Waals surface area contributed by atoms with E-state index in [4.69, 9.17) is 0 Å². The van der Waals surface area contributed by atoms with E-state index in [2.05, 4.69) is 38.3 Å². The van der Waals surface area contributed by atoms with E-state index >= 15 is 0 Å². The number of carbonyl (C=O) groups is 1. The minimum atomic E-state index is 0.0447. The lowest BCUT2D eigenvalue weighted by Gasteiger charge is -2.29. The van der Waals surface area contributed by atoms with Gasteiger partial charge < -0.3 is 10.2 Å². The summed E-state index contributed by atoms with van der Waals surface area (Å²) >= 11 is 3.39. The van der Waals surface area contributed by atoms with Gasteiger partial charge in [0.25, 0.3) is 0 Å². The van der Waals surface area contributed by atoms with Gasteiger partial charge in [0, 0.05) is 6.04 Å². The number of aromatic nitrogens is 2. The molecular formula is C12H19BrN4O. The molecule has 1 aliphatic rings. The average Bonchev–Trinajstić information content (AvgIpc) is 2.64. The molecule has 1 saturated heterocycles. The normalized spacial score (nSPS) is 17.9. The van der Waals surface area contributed by atoms with Crippen LogP contribution in [0.2, 0.25) is 0 Å². The number of rotatable bonds is 3. The van der Waals surface area contributed by atoms with Crippen molar-refractivity contribution in [3.05, 3.63) is 16.4 Å². The summed E-state index contributed by atoms with van der Waals surface area (Å²) in [5, 5.41) is 7.24. The Labute approximate surface area is 116 Å². The maximum Gasteiger partial charge on any atom is 0.241 e. The van der Waals surface area contributed by atoms with Gasteiger partial charge in [0.2, 0.25) is 5.91 Å². The zero-order valence-electron chi connectivity index (χ0n) is 10.8. The van der Waals surface area contributed by atoms with Crippen LogP contribution < -0.4 is 5.32 Å². The number of hydrogen-bond donors (Lipinski definition) is 1. The van der Waals surface area contributed by atoms with Gasteiger partial charge in [0.05, 0.1) is 16.4 Å². The molecule has 5 nitrogen and oxygen atoms in total. The smallest absolute Gasteiger partial charge is 0.241 e. The Morgan fingerprint density at radius 3 is 2.78 bits per heavy atom. The molecule has 0 radical (unpaired) electrons. The van der Waals surface area contributed by atoms with Gasteiger partial charge in [-0.25, -0.2) is 0 Å². The van der Waals surface area contributed by atoms with Crippen LogP contribution in [-0.4, -0.2) is 46.8 Å². The fourth-order valence-corrected chi connectivity index (χ4v) is 2.44. The number of carbonyl (C=O) groups excluding carboxylic acids is 1.